The van der Waals surface area contributed by atoms with Crippen LogP contribution >= 0.6 is 0 Å². The largest absolute Gasteiger partial charge is 0.474 e. The highest BCUT2D eigenvalue weighted by Gasteiger charge is 2.20. The minimum Gasteiger partial charge on any atom is -0.474 e. The molecule has 1 aliphatic rings. The molecule has 27 heavy (non-hydrogen) atoms. The quantitative estimate of drug-likeness (QED) is 0.804. The Bertz CT molecular complexity index is 915. The lowest BCUT2D eigenvalue weighted by Crippen LogP contribution is -2.34. The predicted octanol–water partition coefficient (Wildman–Crippen LogP) is 2.50. The van der Waals surface area contributed by atoms with Crippen LogP contribution in [-0.2, 0) is 16.3 Å². The van der Waals surface area contributed by atoms with E-state index in [-0.39, 0.29) is 22.6 Å². The summed E-state index contributed by atoms with van der Waals surface area (Å²) < 4.78 is 49.0. The molecule has 0 spiro atoms. The van der Waals surface area contributed by atoms with E-state index in [1.54, 1.807) is 0 Å². The summed E-state index contributed by atoms with van der Waals surface area (Å²) in [5, 5.41) is 3.27. The number of aromatic nitrogens is 2. The summed E-state index contributed by atoms with van der Waals surface area (Å²) in [4.78, 5) is 8.20. The monoisotopic (exact) mass is 395 g/mol. The van der Waals surface area contributed by atoms with Gasteiger partial charge in [0.25, 0.3) is 0 Å². The summed E-state index contributed by atoms with van der Waals surface area (Å²) in [6, 6.07) is 3.51. The van der Waals surface area contributed by atoms with Crippen molar-refractivity contribution in [2.45, 2.75) is 37.2 Å². The fourth-order valence-electron chi connectivity index (χ4n) is 2.84. The molecule has 0 amide bonds. The van der Waals surface area contributed by atoms with Crippen LogP contribution < -0.4 is 14.8 Å². The van der Waals surface area contributed by atoms with Crippen LogP contribution in [0.3, 0.4) is 0 Å². The Hall–Kier alpha value is -2.26. The van der Waals surface area contributed by atoms with Gasteiger partial charge in [-0.2, -0.15) is 0 Å². The molecule has 0 radical (unpaired) electrons. The molecule has 1 saturated heterocycles. The second kappa shape index (κ2) is 8.18. The Labute approximate surface area is 157 Å². The third-order valence-corrected chi connectivity index (χ3v) is 5.43. The molecule has 3 rings (SSSR count). The smallest absolute Gasteiger partial charge is 0.229 e. The first-order valence-electron chi connectivity index (χ1n) is 8.77. The van der Waals surface area contributed by atoms with E-state index in [2.05, 4.69) is 15.3 Å². The molecule has 0 saturated carbocycles. The minimum atomic E-state index is -3.50. The van der Waals surface area contributed by atoms with Gasteiger partial charge in [-0.3, -0.25) is 0 Å². The number of hydrogen-bond donors (Lipinski definition) is 1. The lowest BCUT2D eigenvalue weighted by atomic mass is 10.1. The Morgan fingerprint density at radius 1 is 1.22 bits per heavy atom. The number of nitrogens with one attached hydrogen (secondary N) is 1. The molecule has 2 aromatic rings. The van der Waals surface area contributed by atoms with E-state index in [1.807, 2.05) is 6.92 Å². The molecule has 1 aromatic heterocycles. The molecule has 1 aromatic carbocycles. The van der Waals surface area contributed by atoms with Crippen LogP contribution in [0.2, 0.25) is 0 Å². The Morgan fingerprint density at radius 3 is 2.56 bits per heavy atom. The van der Waals surface area contributed by atoms with Crippen molar-refractivity contribution in [3.8, 4) is 17.5 Å². The molecular weight excluding hydrogens is 373 g/mol. The van der Waals surface area contributed by atoms with Crippen molar-refractivity contribution in [3.05, 3.63) is 35.9 Å². The number of benzene rings is 1. The van der Waals surface area contributed by atoms with Gasteiger partial charge in [0.1, 0.15) is 12.4 Å². The van der Waals surface area contributed by atoms with Gasteiger partial charge in [-0.1, -0.05) is 6.92 Å². The van der Waals surface area contributed by atoms with Gasteiger partial charge in [0.2, 0.25) is 11.8 Å². The topological polar surface area (TPSA) is 90.4 Å². The van der Waals surface area contributed by atoms with Crippen LogP contribution in [-0.4, -0.2) is 43.8 Å². The standard InChI is InChI=1S/C18H22FN3O4S/c1-3-14-17(25-12-6-8-20-9-7-12)21-11-22-18(14)26-16-5-4-13(10-15(16)19)27(2,23)24/h4-5,10-12,20H,3,6-9H2,1-2H3. The van der Waals surface area contributed by atoms with Gasteiger partial charge in [-0.25, -0.2) is 22.8 Å². The van der Waals surface area contributed by atoms with Crippen molar-refractivity contribution < 1.29 is 22.3 Å². The van der Waals surface area contributed by atoms with Crippen LogP contribution in [0.4, 0.5) is 4.39 Å². The van der Waals surface area contributed by atoms with E-state index in [0.29, 0.717) is 17.9 Å². The zero-order valence-corrected chi connectivity index (χ0v) is 16.1. The van der Waals surface area contributed by atoms with Crippen LogP contribution in [0.25, 0.3) is 0 Å². The van der Waals surface area contributed by atoms with Gasteiger partial charge in [-0.05, 0) is 50.6 Å². The van der Waals surface area contributed by atoms with Crippen molar-refractivity contribution >= 4 is 9.84 Å². The highest BCUT2D eigenvalue weighted by molar-refractivity contribution is 7.90. The van der Waals surface area contributed by atoms with E-state index < -0.39 is 15.7 Å². The van der Waals surface area contributed by atoms with Crippen molar-refractivity contribution in [2.75, 3.05) is 19.3 Å². The number of rotatable bonds is 6. The highest BCUT2D eigenvalue weighted by Crippen LogP contribution is 2.32. The Balaban J connectivity index is 1.85. The first-order chi connectivity index (χ1) is 12.9. The molecule has 0 bridgehead atoms. The maximum atomic E-state index is 14.3. The van der Waals surface area contributed by atoms with Gasteiger partial charge < -0.3 is 14.8 Å². The van der Waals surface area contributed by atoms with Crippen LogP contribution in [0.5, 0.6) is 17.5 Å². The number of ether oxygens (including phenoxy) is 2. The number of nitrogens with zero attached hydrogens (tertiary/aromatic N) is 2. The second-order valence-electron chi connectivity index (χ2n) is 6.35. The lowest BCUT2D eigenvalue weighted by Gasteiger charge is -2.24. The van der Waals surface area contributed by atoms with Crippen LogP contribution in [0, 0.1) is 5.82 Å². The lowest BCUT2D eigenvalue weighted by molar-refractivity contribution is 0.153. The van der Waals surface area contributed by atoms with Crippen molar-refractivity contribution in [2.24, 2.45) is 0 Å². The van der Waals surface area contributed by atoms with Gasteiger partial charge in [0.05, 0.1) is 10.5 Å². The third-order valence-electron chi connectivity index (χ3n) is 4.32. The van der Waals surface area contributed by atoms with E-state index in [1.165, 1.54) is 18.5 Å². The molecule has 1 N–H and O–H groups in total. The summed E-state index contributed by atoms with van der Waals surface area (Å²) in [6.45, 7) is 3.68. The molecular formula is C18H22FN3O4S. The second-order valence-corrected chi connectivity index (χ2v) is 8.37. The number of hydrogen-bond acceptors (Lipinski definition) is 7. The van der Waals surface area contributed by atoms with E-state index in [4.69, 9.17) is 9.47 Å². The average Bonchev–Trinajstić information content (AvgIpc) is 2.63. The van der Waals surface area contributed by atoms with Crippen LogP contribution in [0.15, 0.2) is 29.4 Å². The number of sulfone groups is 1. The van der Waals surface area contributed by atoms with E-state index in [9.17, 15) is 12.8 Å². The number of halogens is 1. The van der Waals surface area contributed by atoms with Crippen molar-refractivity contribution in [1.29, 1.82) is 0 Å². The summed E-state index contributed by atoms with van der Waals surface area (Å²) >= 11 is 0. The number of piperidine rings is 1. The average molecular weight is 395 g/mol. The van der Waals surface area contributed by atoms with Crippen molar-refractivity contribution in [1.82, 2.24) is 15.3 Å². The van der Waals surface area contributed by atoms with Gasteiger partial charge in [0, 0.05) is 6.26 Å². The van der Waals surface area contributed by atoms with Crippen molar-refractivity contribution in [3.63, 3.8) is 0 Å². The maximum Gasteiger partial charge on any atom is 0.229 e. The normalized spacial score (nSPS) is 15.5. The molecule has 0 unspecified atom stereocenters. The fraction of sp³-hybridized carbons (Fsp3) is 0.444. The van der Waals surface area contributed by atoms with E-state index in [0.717, 1.165) is 38.3 Å². The van der Waals surface area contributed by atoms with Gasteiger partial charge in [0.15, 0.2) is 21.4 Å². The molecule has 0 aliphatic carbocycles. The predicted molar refractivity (Wildman–Crippen MR) is 97.5 cm³/mol. The summed E-state index contributed by atoms with van der Waals surface area (Å²) in [7, 11) is -3.50. The molecule has 9 heteroatoms. The van der Waals surface area contributed by atoms with Crippen LogP contribution in [0.1, 0.15) is 25.3 Å². The summed E-state index contributed by atoms with van der Waals surface area (Å²) in [6.07, 6.45) is 4.69. The SMILES string of the molecule is CCc1c(Oc2ccc(S(C)(=O)=O)cc2F)ncnc1OC1CCNCC1. The zero-order chi connectivity index (χ0) is 19.4. The zero-order valence-electron chi connectivity index (χ0n) is 15.2. The Kier molecular flexibility index (Phi) is 5.91. The molecule has 0 atom stereocenters. The minimum absolute atomic E-state index is 0.0603. The fourth-order valence-corrected chi connectivity index (χ4v) is 3.48. The maximum absolute atomic E-state index is 14.3. The summed E-state index contributed by atoms with van der Waals surface area (Å²) in [5.74, 6) is -0.256. The summed E-state index contributed by atoms with van der Waals surface area (Å²) in [5.41, 5.74) is 0.641. The molecule has 1 fully saturated rings. The molecule has 7 nitrogen and oxygen atoms in total. The highest BCUT2D eigenvalue weighted by atomic mass is 32.2. The third kappa shape index (κ3) is 4.72. The molecule has 2 heterocycles. The first kappa shape index (κ1) is 19.5. The molecule has 146 valence electrons. The first-order valence-corrected chi connectivity index (χ1v) is 10.7. The Morgan fingerprint density at radius 2 is 1.93 bits per heavy atom. The van der Waals surface area contributed by atoms with Gasteiger partial charge in [-0.15, -0.1) is 0 Å². The van der Waals surface area contributed by atoms with Gasteiger partial charge >= 0.3 is 0 Å². The molecule has 1 aliphatic heterocycles. The van der Waals surface area contributed by atoms with E-state index >= 15 is 0 Å².